The molecule has 1 atom stereocenters. The van der Waals surface area contributed by atoms with E-state index in [1.165, 1.54) is 0 Å². The van der Waals surface area contributed by atoms with E-state index in [0.29, 0.717) is 12.6 Å². The summed E-state index contributed by atoms with van der Waals surface area (Å²) < 4.78 is 26.3. The molecule has 1 fully saturated rings. The van der Waals surface area contributed by atoms with Crippen LogP contribution in [-0.4, -0.2) is 25.0 Å². The van der Waals surface area contributed by atoms with Crippen molar-refractivity contribution in [2.24, 2.45) is 0 Å². The van der Waals surface area contributed by atoms with E-state index in [1.807, 2.05) is 0 Å². The summed E-state index contributed by atoms with van der Waals surface area (Å²) in [6, 6.07) is 2.31. The summed E-state index contributed by atoms with van der Waals surface area (Å²) in [6.07, 6.45) is 3.12. The first-order valence-corrected chi connectivity index (χ1v) is 7.03. The van der Waals surface area contributed by atoms with Gasteiger partial charge in [0, 0.05) is 17.1 Å². The predicted molar refractivity (Wildman–Crippen MR) is 72.0 cm³/mol. The van der Waals surface area contributed by atoms with Crippen molar-refractivity contribution in [2.45, 2.75) is 25.3 Å². The highest BCUT2D eigenvalue weighted by atomic mass is 79.9. The fraction of sp³-hybridized carbons (Fsp3) is 0.462. The third-order valence-corrected chi connectivity index (χ3v) is 3.85. The van der Waals surface area contributed by atoms with Crippen molar-refractivity contribution in [1.29, 1.82) is 0 Å². The van der Waals surface area contributed by atoms with Crippen LogP contribution >= 0.6 is 15.9 Å². The van der Waals surface area contributed by atoms with Crippen LogP contribution in [0.2, 0.25) is 0 Å². The summed E-state index contributed by atoms with van der Waals surface area (Å²) in [6.45, 7) is 1.54. The van der Waals surface area contributed by atoms with Gasteiger partial charge in [0.15, 0.2) is 11.6 Å². The van der Waals surface area contributed by atoms with Gasteiger partial charge >= 0.3 is 0 Å². The topological polar surface area (TPSA) is 41.1 Å². The zero-order valence-electron chi connectivity index (χ0n) is 10.3. The molecule has 2 rings (SSSR count). The Morgan fingerprint density at radius 1 is 1.42 bits per heavy atom. The molecule has 104 valence electrons. The van der Waals surface area contributed by atoms with Crippen LogP contribution in [0.15, 0.2) is 16.6 Å². The van der Waals surface area contributed by atoms with E-state index in [-0.39, 0.29) is 10.0 Å². The van der Waals surface area contributed by atoms with Crippen molar-refractivity contribution < 1.29 is 13.6 Å². The van der Waals surface area contributed by atoms with Crippen molar-refractivity contribution in [3.8, 4) is 0 Å². The summed E-state index contributed by atoms with van der Waals surface area (Å²) in [5.74, 6) is -2.40. The van der Waals surface area contributed by atoms with Gasteiger partial charge in [-0.3, -0.25) is 4.79 Å². The summed E-state index contributed by atoms with van der Waals surface area (Å²) in [7, 11) is 0. The Bertz CT molecular complexity index is 476. The first-order valence-electron chi connectivity index (χ1n) is 6.24. The van der Waals surface area contributed by atoms with E-state index < -0.39 is 17.5 Å². The largest absolute Gasteiger partial charge is 0.352 e. The Labute approximate surface area is 118 Å². The van der Waals surface area contributed by atoms with E-state index in [4.69, 9.17) is 0 Å². The zero-order chi connectivity index (χ0) is 13.8. The van der Waals surface area contributed by atoms with E-state index in [0.717, 1.165) is 37.9 Å². The van der Waals surface area contributed by atoms with E-state index in [2.05, 4.69) is 26.6 Å². The van der Waals surface area contributed by atoms with Crippen molar-refractivity contribution in [1.82, 2.24) is 10.6 Å². The number of amides is 1. The molecule has 0 unspecified atom stereocenters. The van der Waals surface area contributed by atoms with Crippen molar-refractivity contribution in [2.75, 3.05) is 13.1 Å². The van der Waals surface area contributed by atoms with Crippen LogP contribution in [0.5, 0.6) is 0 Å². The number of benzene rings is 1. The summed E-state index contributed by atoms with van der Waals surface area (Å²) >= 11 is 3.06. The number of halogens is 3. The third-order valence-electron chi connectivity index (χ3n) is 3.20. The van der Waals surface area contributed by atoms with Gasteiger partial charge in [0.05, 0.1) is 5.56 Å². The Kier molecular flexibility index (Phi) is 4.87. The minimum absolute atomic E-state index is 0.110. The van der Waals surface area contributed by atoms with Crippen molar-refractivity contribution >= 4 is 21.8 Å². The van der Waals surface area contributed by atoms with Gasteiger partial charge in [0.1, 0.15) is 0 Å². The zero-order valence-corrected chi connectivity index (χ0v) is 11.9. The molecule has 0 spiro atoms. The van der Waals surface area contributed by atoms with Crippen LogP contribution in [0.1, 0.15) is 29.6 Å². The van der Waals surface area contributed by atoms with Crippen LogP contribution in [0.3, 0.4) is 0 Å². The second kappa shape index (κ2) is 6.43. The van der Waals surface area contributed by atoms with Gasteiger partial charge in [-0.2, -0.15) is 0 Å². The lowest BCUT2D eigenvalue weighted by Gasteiger charge is -2.11. The van der Waals surface area contributed by atoms with Gasteiger partial charge < -0.3 is 10.6 Å². The second-order valence-corrected chi connectivity index (χ2v) is 5.44. The van der Waals surface area contributed by atoms with Crippen LogP contribution in [0.4, 0.5) is 8.78 Å². The lowest BCUT2D eigenvalue weighted by atomic mass is 10.1. The first-order chi connectivity index (χ1) is 9.08. The molecule has 1 aromatic rings. The Hall–Kier alpha value is -1.01. The molecule has 0 saturated carbocycles. The highest BCUT2D eigenvalue weighted by Gasteiger charge is 2.16. The van der Waals surface area contributed by atoms with Crippen LogP contribution in [0.25, 0.3) is 0 Å². The molecule has 1 aliphatic heterocycles. The number of nitrogens with one attached hydrogen (secondary N) is 2. The van der Waals surface area contributed by atoms with Gasteiger partial charge in [-0.05, 0) is 53.9 Å². The Balaban J connectivity index is 1.90. The Morgan fingerprint density at radius 3 is 2.84 bits per heavy atom. The minimum atomic E-state index is -1.02. The molecular weight excluding hydrogens is 318 g/mol. The van der Waals surface area contributed by atoms with E-state index >= 15 is 0 Å². The fourth-order valence-corrected chi connectivity index (χ4v) is 2.65. The number of carbonyl (C=O) groups is 1. The van der Waals surface area contributed by atoms with Gasteiger partial charge in [-0.15, -0.1) is 0 Å². The molecular formula is C13H15BrF2N2O. The number of hydrogen-bond donors (Lipinski definition) is 2. The number of carbonyl (C=O) groups excluding carboxylic acids is 1. The highest BCUT2D eigenvalue weighted by molar-refractivity contribution is 9.10. The lowest BCUT2D eigenvalue weighted by molar-refractivity contribution is 0.0951. The molecule has 1 aromatic carbocycles. The van der Waals surface area contributed by atoms with E-state index in [9.17, 15) is 13.6 Å². The summed E-state index contributed by atoms with van der Waals surface area (Å²) in [5, 5.41) is 6.04. The maximum Gasteiger partial charge on any atom is 0.252 e. The van der Waals surface area contributed by atoms with Crippen LogP contribution < -0.4 is 10.6 Å². The highest BCUT2D eigenvalue weighted by Crippen LogP contribution is 2.20. The normalized spacial score (nSPS) is 18.6. The molecule has 6 heteroatoms. The number of hydrogen-bond acceptors (Lipinski definition) is 2. The van der Waals surface area contributed by atoms with Crippen LogP contribution in [-0.2, 0) is 0 Å². The second-order valence-electron chi connectivity index (χ2n) is 4.58. The molecule has 1 aliphatic rings. The smallest absolute Gasteiger partial charge is 0.252 e. The number of rotatable bonds is 4. The van der Waals surface area contributed by atoms with Gasteiger partial charge in [0.2, 0.25) is 0 Å². The molecule has 1 heterocycles. The van der Waals surface area contributed by atoms with Crippen molar-refractivity contribution in [3.05, 3.63) is 33.8 Å². The fourth-order valence-electron chi connectivity index (χ4n) is 2.15. The molecule has 1 saturated heterocycles. The average Bonchev–Trinajstić information content (AvgIpc) is 2.86. The predicted octanol–water partition coefficient (Wildman–Crippen LogP) is 2.60. The molecule has 3 nitrogen and oxygen atoms in total. The first kappa shape index (κ1) is 14.4. The molecule has 0 bridgehead atoms. The Morgan fingerprint density at radius 2 is 2.16 bits per heavy atom. The maximum atomic E-state index is 13.1. The molecule has 0 aliphatic carbocycles. The third kappa shape index (κ3) is 3.73. The van der Waals surface area contributed by atoms with Gasteiger partial charge in [-0.25, -0.2) is 8.78 Å². The molecule has 2 N–H and O–H groups in total. The van der Waals surface area contributed by atoms with E-state index in [1.54, 1.807) is 0 Å². The summed E-state index contributed by atoms with van der Waals surface area (Å²) in [4.78, 5) is 11.9. The molecule has 19 heavy (non-hydrogen) atoms. The SMILES string of the molecule is O=C(NCC[C@H]1CCCN1)c1cc(F)c(F)cc1Br. The van der Waals surface area contributed by atoms with Crippen LogP contribution in [0, 0.1) is 11.6 Å². The quantitative estimate of drug-likeness (QED) is 0.832. The average molecular weight is 333 g/mol. The molecule has 1 amide bonds. The monoisotopic (exact) mass is 332 g/mol. The van der Waals surface area contributed by atoms with Gasteiger partial charge in [-0.1, -0.05) is 0 Å². The minimum Gasteiger partial charge on any atom is -0.352 e. The standard InChI is InChI=1S/C13H15BrF2N2O/c14-10-7-12(16)11(15)6-9(10)13(19)18-5-3-8-2-1-4-17-8/h6-8,17H,1-5H2,(H,18,19)/t8-/m1/s1. The van der Waals surface area contributed by atoms with Gasteiger partial charge in [0.25, 0.3) is 5.91 Å². The van der Waals surface area contributed by atoms with Crippen molar-refractivity contribution in [3.63, 3.8) is 0 Å². The summed E-state index contributed by atoms with van der Waals surface area (Å²) in [5.41, 5.74) is 0.110. The maximum absolute atomic E-state index is 13.1. The molecule has 0 radical (unpaired) electrons. The molecule has 0 aromatic heterocycles. The lowest BCUT2D eigenvalue weighted by Crippen LogP contribution is -2.30.